The lowest BCUT2D eigenvalue weighted by atomic mass is 9.93. The van der Waals surface area contributed by atoms with E-state index in [0.717, 1.165) is 34.2 Å². The highest BCUT2D eigenvalue weighted by Crippen LogP contribution is 2.45. The summed E-state index contributed by atoms with van der Waals surface area (Å²) in [4.78, 5) is 15.4. The van der Waals surface area contributed by atoms with Crippen LogP contribution in [-0.2, 0) is 6.42 Å². The van der Waals surface area contributed by atoms with Gasteiger partial charge in [0.05, 0.1) is 0 Å². The number of aromatic nitrogens is 3. The van der Waals surface area contributed by atoms with Crippen LogP contribution in [0.25, 0.3) is 89.8 Å². The zero-order chi connectivity index (χ0) is 36.6. The summed E-state index contributed by atoms with van der Waals surface area (Å²) in [5.74, 6) is 2.00. The maximum Gasteiger partial charge on any atom is 0.164 e. The van der Waals surface area contributed by atoms with E-state index in [1.165, 1.54) is 55.6 Å². The highest BCUT2D eigenvalue weighted by Gasteiger charge is 2.26. The average Bonchev–Trinajstić information content (AvgIpc) is 3.67. The molecule has 1 aromatic heterocycles. The Labute approximate surface area is 328 Å². The molecule has 56 heavy (non-hydrogen) atoms. The molecule has 266 valence electrons. The topological polar surface area (TPSA) is 38.7 Å². The maximum atomic E-state index is 5.20. The maximum absolute atomic E-state index is 5.20. The molecule has 0 saturated carbocycles. The summed E-state index contributed by atoms with van der Waals surface area (Å²) in [5, 5.41) is 0. The van der Waals surface area contributed by atoms with Crippen LogP contribution in [0.4, 0.5) is 0 Å². The van der Waals surface area contributed by atoms with Crippen LogP contribution < -0.4 is 0 Å². The van der Waals surface area contributed by atoms with Crippen molar-refractivity contribution in [2.24, 2.45) is 0 Å². The summed E-state index contributed by atoms with van der Waals surface area (Å²) in [7, 11) is 0. The van der Waals surface area contributed by atoms with Crippen molar-refractivity contribution >= 4 is 0 Å². The second-order valence-electron chi connectivity index (χ2n) is 14.0. The molecule has 1 heterocycles. The van der Waals surface area contributed by atoms with Crippen LogP contribution in [0, 0.1) is 0 Å². The molecule has 0 atom stereocenters. The molecule has 0 unspecified atom stereocenters. The summed E-state index contributed by atoms with van der Waals surface area (Å²) in [5.41, 5.74) is 17.6. The van der Waals surface area contributed by atoms with Gasteiger partial charge in [-0.3, -0.25) is 0 Å². The van der Waals surface area contributed by atoms with Crippen LogP contribution in [0.2, 0.25) is 0 Å². The number of benzene rings is 8. The second-order valence-corrected chi connectivity index (χ2v) is 14.0. The van der Waals surface area contributed by atoms with Crippen molar-refractivity contribution in [1.29, 1.82) is 0 Å². The number of hydrogen-bond donors (Lipinski definition) is 0. The summed E-state index contributed by atoms with van der Waals surface area (Å²) in [6.45, 7) is 0. The average molecular weight is 718 g/mol. The minimum Gasteiger partial charge on any atom is -0.208 e. The van der Waals surface area contributed by atoms with Crippen molar-refractivity contribution in [3.8, 4) is 89.8 Å². The lowest BCUT2D eigenvalue weighted by Crippen LogP contribution is -2.02. The fraction of sp³-hybridized carbons (Fsp3) is 0.0377. The fourth-order valence-electron chi connectivity index (χ4n) is 7.88. The van der Waals surface area contributed by atoms with Gasteiger partial charge in [0.25, 0.3) is 0 Å². The minimum absolute atomic E-state index is 0. The smallest absolute Gasteiger partial charge is 0.164 e. The molecule has 0 aliphatic heterocycles. The number of nitrogens with zero attached hydrogens (tertiary/aromatic N) is 3. The zero-order valence-electron chi connectivity index (χ0n) is 30.1. The summed E-state index contributed by atoms with van der Waals surface area (Å²) in [6, 6.07) is 70.7. The molecule has 0 spiro atoms. The largest absolute Gasteiger partial charge is 0.208 e. The van der Waals surface area contributed by atoms with Crippen LogP contribution in [0.5, 0.6) is 0 Å². The Balaban J connectivity index is 0.00000410. The van der Waals surface area contributed by atoms with Crippen molar-refractivity contribution in [2.75, 3.05) is 0 Å². The van der Waals surface area contributed by atoms with Crippen molar-refractivity contribution < 1.29 is 0 Å². The normalized spacial score (nSPS) is 11.4. The van der Waals surface area contributed by atoms with Gasteiger partial charge >= 0.3 is 0 Å². The molecule has 1 aliphatic carbocycles. The van der Waals surface area contributed by atoms with Gasteiger partial charge in [-0.2, -0.15) is 0 Å². The van der Waals surface area contributed by atoms with Gasteiger partial charge in [-0.05, 0) is 78.9 Å². The highest BCUT2D eigenvalue weighted by molar-refractivity contribution is 5.89. The van der Waals surface area contributed by atoms with E-state index in [1.807, 2.05) is 24.3 Å². The van der Waals surface area contributed by atoms with E-state index in [4.69, 9.17) is 15.0 Å². The Hall–Kier alpha value is -7.23. The second kappa shape index (κ2) is 14.9. The molecule has 0 amide bonds. The van der Waals surface area contributed by atoms with Crippen LogP contribution in [0.3, 0.4) is 0 Å². The van der Waals surface area contributed by atoms with E-state index in [0.29, 0.717) is 17.5 Å². The van der Waals surface area contributed by atoms with Crippen molar-refractivity contribution in [2.45, 2.75) is 13.8 Å². The van der Waals surface area contributed by atoms with Gasteiger partial charge in [0, 0.05) is 23.1 Å². The van der Waals surface area contributed by atoms with E-state index >= 15 is 0 Å². The molecule has 0 N–H and O–H groups in total. The van der Waals surface area contributed by atoms with Gasteiger partial charge in [-0.1, -0.05) is 195 Å². The Morgan fingerprint density at radius 3 is 1.21 bits per heavy atom. The molecular formula is C53H39N3. The lowest BCUT2D eigenvalue weighted by molar-refractivity contribution is 1.07. The van der Waals surface area contributed by atoms with Crippen molar-refractivity contribution in [3.05, 3.63) is 211 Å². The van der Waals surface area contributed by atoms with Crippen molar-refractivity contribution in [1.82, 2.24) is 15.0 Å². The van der Waals surface area contributed by atoms with E-state index in [9.17, 15) is 0 Å². The molecule has 0 radical (unpaired) electrons. The van der Waals surface area contributed by atoms with Gasteiger partial charge in [-0.15, -0.1) is 0 Å². The first-order valence-electron chi connectivity index (χ1n) is 18.7. The number of rotatable bonds is 7. The first-order valence-corrected chi connectivity index (χ1v) is 18.7. The molecule has 3 nitrogen and oxygen atoms in total. The van der Waals surface area contributed by atoms with Crippen LogP contribution in [0.1, 0.15) is 18.6 Å². The van der Waals surface area contributed by atoms with Gasteiger partial charge < -0.3 is 0 Å². The molecule has 0 bridgehead atoms. The Morgan fingerprint density at radius 2 is 0.607 bits per heavy atom. The third-order valence-corrected chi connectivity index (χ3v) is 10.6. The van der Waals surface area contributed by atoms with Gasteiger partial charge in [-0.25, -0.2) is 15.0 Å². The summed E-state index contributed by atoms with van der Waals surface area (Å²) < 4.78 is 0. The minimum atomic E-state index is 0. The van der Waals surface area contributed by atoms with Crippen molar-refractivity contribution in [3.63, 3.8) is 0 Å². The fourth-order valence-corrected chi connectivity index (χ4v) is 7.88. The third-order valence-electron chi connectivity index (χ3n) is 10.6. The Morgan fingerprint density at radius 1 is 0.250 bits per heavy atom. The molecule has 9 aromatic rings. The SMILES string of the molecule is C.c1ccc(-c2ccc(-c3cccc(-c4cccc5c4Cc4c(-c6nc(-c7ccccc7)nc(-c7cccc(-c8ccccc8)c7)n6)cccc4-5)c3)cc2)cc1. The van der Waals surface area contributed by atoms with E-state index in [-0.39, 0.29) is 7.43 Å². The summed E-state index contributed by atoms with van der Waals surface area (Å²) in [6.07, 6.45) is 0.790. The molecule has 3 heteroatoms. The molecule has 0 saturated heterocycles. The molecule has 10 rings (SSSR count). The lowest BCUT2D eigenvalue weighted by Gasteiger charge is -2.12. The zero-order valence-corrected chi connectivity index (χ0v) is 30.1. The Bertz CT molecular complexity index is 2810. The van der Waals surface area contributed by atoms with Crippen LogP contribution in [-0.4, -0.2) is 15.0 Å². The first kappa shape index (κ1) is 34.5. The van der Waals surface area contributed by atoms with Crippen LogP contribution in [0.15, 0.2) is 200 Å². The van der Waals surface area contributed by atoms with Gasteiger partial charge in [0.15, 0.2) is 17.5 Å². The predicted octanol–water partition coefficient (Wildman–Crippen LogP) is 13.7. The van der Waals surface area contributed by atoms with Gasteiger partial charge in [0.1, 0.15) is 0 Å². The molecular weight excluding hydrogens is 679 g/mol. The van der Waals surface area contributed by atoms with Crippen LogP contribution >= 0.6 is 0 Å². The Kier molecular flexibility index (Phi) is 9.18. The van der Waals surface area contributed by atoms with E-state index in [1.54, 1.807) is 0 Å². The van der Waals surface area contributed by atoms with E-state index in [2.05, 4.69) is 176 Å². The van der Waals surface area contributed by atoms with Gasteiger partial charge in [0.2, 0.25) is 0 Å². The summed E-state index contributed by atoms with van der Waals surface area (Å²) >= 11 is 0. The van der Waals surface area contributed by atoms with E-state index < -0.39 is 0 Å². The number of hydrogen-bond acceptors (Lipinski definition) is 3. The molecule has 0 fully saturated rings. The highest BCUT2D eigenvalue weighted by atomic mass is 15.0. The quantitative estimate of drug-likeness (QED) is 0.165. The third kappa shape index (κ3) is 6.50. The molecule has 8 aromatic carbocycles. The predicted molar refractivity (Wildman–Crippen MR) is 233 cm³/mol. The monoisotopic (exact) mass is 717 g/mol. The molecule has 1 aliphatic rings. The number of fused-ring (bicyclic) bond motifs is 3. The first-order chi connectivity index (χ1) is 27.2. The standard InChI is InChI=1S/C52H35N3.CH4/c1-4-14-35(15-5-1)37-28-30-38(31-29-37)40-20-10-22-42(32-40)44-24-12-25-45-46-26-13-27-47(49(46)34-48(44)45)52-54-50(39-18-8-3-9-19-39)53-51(55-52)43-23-11-21-41(33-43)36-16-6-2-7-17-36;/h1-33H,34H2;1H4.